The molecule has 1 aromatic carbocycles. The van der Waals surface area contributed by atoms with Crippen LogP contribution in [0.4, 0.5) is 0 Å². The number of methoxy groups -OCH3 is 1. The molecule has 0 radical (unpaired) electrons. The number of pyridine rings is 1. The molecule has 2 aromatic rings. The third kappa shape index (κ3) is 4.88. The summed E-state index contributed by atoms with van der Waals surface area (Å²) in [7, 11) is 3.15. The lowest BCUT2D eigenvalue weighted by Gasteiger charge is -2.32. The fourth-order valence-corrected chi connectivity index (χ4v) is 6.94. The van der Waals surface area contributed by atoms with Crippen LogP contribution in [0, 0.1) is 21.3 Å². The third-order valence-corrected chi connectivity index (χ3v) is 8.88. The summed E-state index contributed by atoms with van der Waals surface area (Å²) >= 11 is 2.10. The molecule has 0 unspecified atom stereocenters. The fourth-order valence-electron chi connectivity index (χ4n) is 6.32. The molecule has 0 spiro atoms. The van der Waals surface area contributed by atoms with Gasteiger partial charge in [0.15, 0.2) is 11.5 Å². The Bertz CT molecular complexity index is 1310. The van der Waals surface area contributed by atoms with Gasteiger partial charge in [-0.1, -0.05) is 25.0 Å². The van der Waals surface area contributed by atoms with Gasteiger partial charge in [0.1, 0.15) is 0 Å². The minimum atomic E-state index is -0.301. The molecule has 8 heteroatoms. The molecule has 3 aliphatic rings. The number of phenolic OH excluding ortho intramolecular Hbond substituents is 1. The zero-order valence-electron chi connectivity index (χ0n) is 21.9. The minimum absolute atomic E-state index is 0.0214. The standard InChI is InChI=1S/C30H33IN2O5/c1-4-7-19-15-20-27(30(36)33(2)29(20)35)21-16-38-24(26(19)21)10-9-18(23-8-5-6-11-32-23)12-17-13-22(31)28(34)25(14-17)37-3/h5-6,8,11-14,20-21,24,27,34H,4,7,9-10,15-16H2,1-3H3/b18-12-/t20-,21+,24-,27-/m1/s1. The first kappa shape index (κ1) is 26.9. The Morgan fingerprint density at radius 3 is 2.79 bits per heavy atom. The number of phenols is 1. The van der Waals surface area contributed by atoms with E-state index in [0.29, 0.717) is 22.3 Å². The van der Waals surface area contributed by atoms with E-state index in [1.165, 1.54) is 16.0 Å². The van der Waals surface area contributed by atoms with E-state index in [-0.39, 0.29) is 41.4 Å². The predicted octanol–water partition coefficient (Wildman–Crippen LogP) is 5.47. The van der Waals surface area contributed by atoms with Crippen LogP contribution in [-0.2, 0) is 14.3 Å². The van der Waals surface area contributed by atoms with Gasteiger partial charge in [-0.05, 0) is 95.3 Å². The summed E-state index contributed by atoms with van der Waals surface area (Å²) in [5, 5.41) is 10.3. The molecule has 1 N–H and O–H groups in total. The van der Waals surface area contributed by atoms with Crippen molar-refractivity contribution >= 4 is 46.1 Å². The summed E-state index contributed by atoms with van der Waals surface area (Å²) in [6, 6.07) is 9.62. The number of hydrogen-bond acceptors (Lipinski definition) is 6. The van der Waals surface area contributed by atoms with Crippen LogP contribution in [0.25, 0.3) is 11.6 Å². The summed E-state index contributed by atoms with van der Waals surface area (Å²) in [5.41, 5.74) is 5.41. The number of carbonyl (C=O) groups is 2. The molecule has 38 heavy (non-hydrogen) atoms. The number of aromatic hydroxyl groups is 1. The van der Waals surface area contributed by atoms with Gasteiger partial charge in [-0.2, -0.15) is 0 Å². The van der Waals surface area contributed by atoms with Crippen LogP contribution in [0.2, 0.25) is 0 Å². The van der Waals surface area contributed by atoms with Crippen LogP contribution in [0.1, 0.15) is 50.3 Å². The van der Waals surface area contributed by atoms with Crippen LogP contribution in [0.3, 0.4) is 0 Å². The van der Waals surface area contributed by atoms with E-state index in [0.717, 1.165) is 42.5 Å². The van der Waals surface area contributed by atoms with Gasteiger partial charge in [-0.15, -0.1) is 0 Å². The van der Waals surface area contributed by atoms with Crippen molar-refractivity contribution in [2.45, 2.75) is 45.1 Å². The summed E-state index contributed by atoms with van der Waals surface area (Å²) < 4.78 is 12.4. The van der Waals surface area contributed by atoms with Crippen molar-refractivity contribution < 1.29 is 24.2 Å². The van der Waals surface area contributed by atoms with Gasteiger partial charge in [0.2, 0.25) is 11.8 Å². The van der Waals surface area contributed by atoms with Gasteiger partial charge in [0.05, 0.1) is 40.9 Å². The normalized spacial score (nSPS) is 25.2. The molecule has 5 rings (SSSR count). The SMILES string of the molecule is CCCC1=C2[C@@H](CC/C(=C/c3cc(I)c(O)c(OC)c3)c3ccccn3)OC[C@@H]2[C@@H]2C(=O)N(C)C(=O)[C@@H]2C1. The molecule has 2 fully saturated rings. The number of halogens is 1. The van der Waals surface area contributed by atoms with E-state index >= 15 is 0 Å². The Morgan fingerprint density at radius 2 is 2.08 bits per heavy atom. The monoisotopic (exact) mass is 628 g/mol. The Hall–Kier alpha value is -2.72. The number of nitrogens with zero attached hydrogens (tertiary/aromatic N) is 2. The van der Waals surface area contributed by atoms with Crippen molar-refractivity contribution in [3.8, 4) is 11.5 Å². The first-order valence-corrected chi connectivity index (χ1v) is 14.2. The quantitative estimate of drug-likeness (QED) is 0.237. The second kappa shape index (κ2) is 11.2. The topological polar surface area (TPSA) is 89.0 Å². The van der Waals surface area contributed by atoms with Crippen LogP contribution >= 0.6 is 22.6 Å². The number of amides is 2. The predicted molar refractivity (Wildman–Crippen MR) is 153 cm³/mol. The smallest absolute Gasteiger partial charge is 0.233 e. The Balaban J connectivity index is 1.45. The van der Waals surface area contributed by atoms with Crippen molar-refractivity contribution in [1.29, 1.82) is 0 Å². The van der Waals surface area contributed by atoms with Crippen molar-refractivity contribution in [3.63, 3.8) is 0 Å². The molecule has 4 atom stereocenters. The largest absolute Gasteiger partial charge is 0.504 e. The van der Waals surface area contributed by atoms with Crippen molar-refractivity contribution in [3.05, 3.63) is 62.5 Å². The van der Waals surface area contributed by atoms with Gasteiger partial charge in [-0.25, -0.2) is 0 Å². The molecule has 1 aliphatic carbocycles. The van der Waals surface area contributed by atoms with Crippen molar-refractivity contribution in [2.75, 3.05) is 20.8 Å². The van der Waals surface area contributed by atoms with Gasteiger partial charge in [-0.3, -0.25) is 19.5 Å². The first-order valence-electron chi connectivity index (χ1n) is 13.2. The lowest BCUT2D eigenvalue weighted by atomic mass is 9.68. The lowest BCUT2D eigenvalue weighted by Crippen LogP contribution is -2.34. The molecular formula is C30H33IN2O5. The highest BCUT2D eigenvalue weighted by Gasteiger charge is 2.55. The first-order chi connectivity index (χ1) is 18.3. The molecule has 1 aromatic heterocycles. The molecule has 3 heterocycles. The zero-order chi connectivity index (χ0) is 27.0. The molecule has 0 saturated carbocycles. The van der Waals surface area contributed by atoms with Gasteiger partial charge in [0, 0.05) is 19.2 Å². The van der Waals surface area contributed by atoms with Gasteiger partial charge >= 0.3 is 0 Å². The number of benzene rings is 1. The van der Waals surface area contributed by atoms with E-state index < -0.39 is 0 Å². The van der Waals surface area contributed by atoms with Gasteiger partial charge < -0.3 is 14.6 Å². The average molecular weight is 629 g/mol. The number of rotatable bonds is 8. The number of likely N-dealkylation sites (tertiary alicyclic amines) is 1. The number of aromatic nitrogens is 1. The molecule has 2 aliphatic heterocycles. The highest BCUT2D eigenvalue weighted by atomic mass is 127. The molecule has 0 bridgehead atoms. The summed E-state index contributed by atoms with van der Waals surface area (Å²) in [6.45, 7) is 2.64. The number of carbonyl (C=O) groups excluding carboxylic acids is 2. The highest BCUT2D eigenvalue weighted by molar-refractivity contribution is 14.1. The molecule has 2 amide bonds. The molecule has 2 saturated heterocycles. The van der Waals surface area contributed by atoms with E-state index in [4.69, 9.17) is 9.47 Å². The number of hydrogen-bond donors (Lipinski definition) is 1. The second-order valence-electron chi connectivity index (χ2n) is 10.3. The van der Waals surface area contributed by atoms with E-state index in [2.05, 4.69) is 40.6 Å². The summed E-state index contributed by atoms with van der Waals surface area (Å²) in [6.07, 6.45) is 7.84. The fraction of sp³-hybridized carbons (Fsp3) is 0.433. The number of imide groups is 1. The summed E-state index contributed by atoms with van der Waals surface area (Å²) in [5.74, 6) is -0.120. The van der Waals surface area contributed by atoms with E-state index in [1.54, 1.807) is 20.4 Å². The van der Waals surface area contributed by atoms with Crippen molar-refractivity contribution in [1.82, 2.24) is 9.88 Å². The maximum absolute atomic E-state index is 13.0. The van der Waals surface area contributed by atoms with E-state index in [1.807, 2.05) is 30.3 Å². The van der Waals surface area contributed by atoms with Crippen LogP contribution in [-0.4, -0.2) is 53.7 Å². The van der Waals surface area contributed by atoms with Gasteiger partial charge in [0.25, 0.3) is 0 Å². The maximum atomic E-state index is 13.0. The molecule has 200 valence electrons. The van der Waals surface area contributed by atoms with Crippen LogP contribution in [0.15, 0.2) is 47.7 Å². The lowest BCUT2D eigenvalue weighted by molar-refractivity contribution is -0.138. The van der Waals surface area contributed by atoms with E-state index in [9.17, 15) is 14.7 Å². The Morgan fingerprint density at radius 1 is 1.26 bits per heavy atom. The highest BCUT2D eigenvalue weighted by Crippen LogP contribution is 2.50. The third-order valence-electron chi connectivity index (χ3n) is 8.06. The summed E-state index contributed by atoms with van der Waals surface area (Å²) in [4.78, 5) is 31.7. The van der Waals surface area contributed by atoms with Crippen LogP contribution in [0.5, 0.6) is 11.5 Å². The molecular weight excluding hydrogens is 595 g/mol. The number of fused-ring (bicyclic) bond motifs is 3. The molecule has 7 nitrogen and oxygen atoms in total. The minimum Gasteiger partial charge on any atom is -0.504 e. The Labute approximate surface area is 237 Å². The average Bonchev–Trinajstić information content (AvgIpc) is 3.44. The number of allylic oxidation sites excluding steroid dienone is 2. The van der Waals surface area contributed by atoms with Crippen molar-refractivity contribution in [2.24, 2.45) is 17.8 Å². The Kier molecular flexibility index (Phi) is 7.90. The second-order valence-corrected chi connectivity index (χ2v) is 11.4. The number of ether oxygens (including phenoxy) is 2. The zero-order valence-corrected chi connectivity index (χ0v) is 24.1. The van der Waals surface area contributed by atoms with Crippen LogP contribution < -0.4 is 4.74 Å². The maximum Gasteiger partial charge on any atom is 0.233 e.